The lowest BCUT2D eigenvalue weighted by Gasteiger charge is -2.22. The zero-order chi connectivity index (χ0) is 19.3. The predicted octanol–water partition coefficient (Wildman–Crippen LogP) is 3.90. The number of hydrogen-bond donors (Lipinski definition) is 3. The van der Waals surface area contributed by atoms with Crippen LogP contribution < -0.4 is 10.5 Å². The average molecular weight is 382 g/mol. The fourth-order valence-corrected chi connectivity index (χ4v) is 3.32. The molecule has 0 saturated heterocycles. The molecule has 0 fully saturated rings. The Morgan fingerprint density at radius 3 is 2.30 bits per heavy atom. The summed E-state index contributed by atoms with van der Waals surface area (Å²) in [5, 5.41) is 19.9. The molecule has 0 heterocycles. The number of halogens is 1. The van der Waals surface area contributed by atoms with E-state index in [0.29, 0.717) is 5.75 Å². The highest BCUT2D eigenvalue weighted by atomic mass is 35.5. The number of aromatic hydroxyl groups is 2. The zero-order valence-electron chi connectivity index (χ0n) is 13.7. The molecule has 1 aliphatic carbocycles. The van der Waals surface area contributed by atoms with Crippen molar-refractivity contribution in [3.05, 3.63) is 75.8 Å². The molecule has 6 nitrogen and oxygen atoms in total. The van der Waals surface area contributed by atoms with Gasteiger partial charge in [0.15, 0.2) is 17.3 Å². The quantitative estimate of drug-likeness (QED) is 0.359. The molecule has 3 aromatic rings. The van der Waals surface area contributed by atoms with Crippen molar-refractivity contribution in [2.45, 2.75) is 0 Å². The van der Waals surface area contributed by atoms with Crippen LogP contribution in [-0.4, -0.2) is 21.8 Å². The number of rotatable bonds is 2. The van der Waals surface area contributed by atoms with Crippen LogP contribution in [0.1, 0.15) is 31.8 Å². The SMILES string of the molecule is Nc1c(Oc2ccc(O)cc2)cc(O)c2c1C(=O)c1cccc(Cl)c1C2=O. The number of nitrogen functional groups attached to an aromatic ring is 1. The number of anilines is 1. The normalized spacial score (nSPS) is 12.5. The molecular weight excluding hydrogens is 370 g/mol. The summed E-state index contributed by atoms with van der Waals surface area (Å²) in [6.45, 7) is 0. The van der Waals surface area contributed by atoms with Crippen molar-refractivity contribution in [3.63, 3.8) is 0 Å². The Bertz CT molecular complexity index is 1120. The average Bonchev–Trinajstić information content (AvgIpc) is 2.64. The largest absolute Gasteiger partial charge is 0.508 e. The summed E-state index contributed by atoms with van der Waals surface area (Å²) in [6, 6.07) is 11.5. The van der Waals surface area contributed by atoms with Crippen molar-refractivity contribution in [1.82, 2.24) is 0 Å². The van der Waals surface area contributed by atoms with Crippen molar-refractivity contribution in [2.24, 2.45) is 0 Å². The minimum Gasteiger partial charge on any atom is -0.508 e. The van der Waals surface area contributed by atoms with Gasteiger partial charge in [0.05, 0.1) is 27.4 Å². The smallest absolute Gasteiger partial charge is 0.199 e. The fourth-order valence-electron chi connectivity index (χ4n) is 3.06. The third kappa shape index (κ3) is 2.58. The number of carbonyl (C=O) groups excluding carboxylic acids is 2. The van der Waals surface area contributed by atoms with E-state index in [2.05, 4.69) is 0 Å². The molecule has 0 amide bonds. The van der Waals surface area contributed by atoms with Crippen LogP contribution in [0.25, 0.3) is 0 Å². The van der Waals surface area contributed by atoms with E-state index in [1.165, 1.54) is 42.5 Å². The van der Waals surface area contributed by atoms with Crippen LogP contribution in [0.4, 0.5) is 5.69 Å². The molecule has 27 heavy (non-hydrogen) atoms. The van der Waals surface area contributed by atoms with Gasteiger partial charge in [-0.05, 0) is 30.3 Å². The zero-order valence-corrected chi connectivity index (χ0v) is 14.4. The summed E-state index contributed by atoms with van der Waals surface area (Å²) in [7, 11) is 0. The molecule has 0 aromatic heterocycles. The van der Waals surface area contributed by atoms with Crippen molar-refractivity contribution in [3.8, 4) is 23.0 Å². The number of phenols is 2. The van der Waals surface area contributed by atoms with Crippen LogP contribution in [0, 0.1) is 0 Å². The monoisotopic (exact) mass is 381 g/mol. The van der Waals surface area contributed by atoms with Crippen molar-refractivity contribution in [2.75, 3.05) is 5.73 Å². The van der Waals surface area contributed by atoms with Crippen LogP contribution in [0.5, 0.6) is 23.0 Å². The van der Waals surface area contributed by atoms with Gasteiger partial charge < -0.3 is 20.7 Å². The molecular formula is C20H12ClNO5. The Kier molecular flexibility index (Phi) is 3.78. The van der Waals surface area contributed by atoms with Crippen LogP contribution in [0.2, 0.25) is 5.02 Å². The third-order valence-electron chi connectivity index (χ3n) is 4.31. The maximum atomic E-state index is 12.9. The van der Waals surface area contributed by atoms with E-state index in [1.807, 2.05) is 0 Å². The Morgan fingerprint density at radius 2 is 1.59 bits per heavy atom. The molecule has 0 radical (unpaired) electrons. The summed E-state index contributed by atoms with van der Waals surface area (Å²) in [5.41, 5.74) is 5.88. The summed E-state index contributed by atoms with van der Waals surface area (Å²) in [4.78, 5) is 25.8. The second-order valence-electron chi connectivity index (χ2n) is 5.97. The standard InChI is InChI=1S/C20H12ClNO5/c21-12-3-1-2-11-15(12)20(26)16-13(24)8-14(18(22)17(16)19(11)25)27-10-6-4-9(23)5-7-10/h1-8,23-24H,22H2. The number of carbonyl (C=O) groups is 2. The Morgan fingerprint density at radius 1 is 0.889 bits per heavy atom. The minimum absolute atomic E-state index is 0.0172. The van der Waals surface area contributed by atoms with E-state index in [9.17, 15) is 19.8 Å². The molecule has 0 spiro atoms. The van der Waals surface area contributed by atoms with Gasteiger partial charge in [-0.2, -0.15) is 0 Å². The summed E-state index contributed by atoms with van der Waals surface area (Å²) in [5.74, 6) is -1.13. The summed E-state index contributed by atoms with van der Waals surface area (Å²) in [6.07, 6.45) is 0. The Labute approximate surface area is 158 Å². The number of hydrogen-bond acceptors (Lipinski definition) is 6. The summed E-state index contributed by atoms with van der Waals surface area (Å²) < 4.78 is 5.62. The van der Waals surface area contributed by atoms with E-state index >= 15 is 0 Å². The molecule has 1 aliphatic rings. The van der Waals surface area contributed by atoms with Gasteiger partial charge in [-0.1, -0.05) is 23.7 Å². The van der Waals surface area contributed by atoms with Crippen molar-refractivity contribution in [1.29, 1.82) is 0 Å². The second kappa shape index (κ2) is 6.03. The Balaban J connectivity index is 1.88. The first-order valence-corrected chi connectivity index (χ1v) is 8.26. The highest BCUT2D eigenvalue weighted by Crippen LogP contribution is 2.43. The van der Waals surface area contributed by atoms with Crippen molar-refractivity contribution >= 4 is 28.9 Å². The summed E-state index contributed by atoms with van der Waals surface area (Å²) >= 11 is 6.08. The van der Waals surface area contributed by atoms with Crippen LogP contribution >= 0.6 is 11.6 Å². The minimum atomic E-state index is -0.578. The molecule has 134 valence electrons. The van der Waals surface area contributed by atoms with Gasteiger partial charge in [0, 0.05) is 11.6 Å². The number of fused-ring (bicyclic) bond motifs is 2. The number of ketones is 2. The van der Waals surface area contributed by atoms with E-state index in [4.69, 9.17) is 22.1 Å². The van der Waals surface area contributed by atoms with E-state index in [-0.39, 0.29) is 44.5 Å². The Hall–Kier alpha value is -3.51. The lowest BCUT2D eigenvalue weighted by Crippen LogP contribution is -2.23. The second-order valence-corrected chi connectivity index (χ2v) is 6.38. The van der Waals surface area contributed by atoms with Crippen molar-refractivity contribution < 1.29 is 24.5 Å². The molecule has 4 N–H and O–H groups in total. The fraction of sp³-hybridized carbons (Fsp3) is 0. The van der Waals surface area contributed by atoms with Crippen LogP contribution in [0.15, 0.2) is 48.5 Å². The van der Waals surface area contributed by atoms with Gasteiger partial charge in [0.25, 0.3) is 0 Å². The maximum absolute atomic E-state index is 12.9. The van der Waals surface area contributed by atoms with E-state index < -0.39 is 17.3 Å². The number of benzene rings is 3. The van der Waals surface area contributed by atoms with Gasteiger partial charge in [0.1, 0.15) is 17.2 Å². The van der Waals surface area contributed by atoms with Gasteiger partial charge in [-0.25, -0.2) is 0 Å². The third-order valence-corrected chi connectivity index (χ3v) is 4.63. The van der Waals surface area contributed by atoms with Gasteiger partial charge in [-0.3, -0.25) is 9.59 Å². The lowest BCUT2D eigenvalue weighted by atomic mass is 9.82. The molecule has 0 unspecified atom stereocenters. The first kappa shape index (κ1) is 16.9. The lowest BCUT2D eigenvalue weighted by molar-refractivity contribution is 0.0977. The number of nitrogens with two attached hydrogens (primary N) is 1. The molecule has 4 rings (SSSR count). The van der Waals surface area contributed by atoms with E-state index in [1.54, 1.807) is 6.07 Å². The molecule has 0 saturated carbocycles. The highest BCUT2D eigenvalue weighted by Gasteiger charge is 2.36. The van der Waals surface area contributed by atoms with Gasteiger partial charge in [-0.15, -0.1) is 0 Å². The topological polar surface area (TPSA) is 110 Å². The molecule has 3 aromatic carbocycles. The first-order chi connectivity index (χ1) is 12.9. The predicted molar refractivity (Wildman–Crippen MR) is 99.0 cm³/mol. The molecule has 7 heteroatoms. The van der Waals surface area contributed by atoms with Crippen LogP contribution in [0.3, 0.4) is 0 Å². The first-order valence-electron chi connectivity index (χ1n) is 7.88. The number of ether oxygens (including phenoxy) is 1. The maximum Gasteiger partial charge on any atom is 0.199 e. The van der Waals surface area contributed by atoms with Gasteiger partial charge >= 0.3 is 0 Å². The van der Waals surface area contributed by atoms with E-state index in [0.717, 1.165) is 0 Å². The number of phenolic OH excluding ortho intramolecular Hbond substituents is 2. The molecule has 0 bridgehead atoms. The molecule has 0 atom stereocenters. The molecule has 0 aliphatic heterocycles. The van der Waals surface area contributed by atoms with Crippen LogP contribution in [-0.2, 0) is 0 Å². The highest BCUT2D eigenvalue weighted by molar-refractivity contribution is 6.40. The van der Waals surface area contributed by atoms with Gasteiger partial charge in [0.2, 0.25) is 0 Å².